The van der Waals surface area contributed by atoms with Crippen LogP contribution in [0.3, 0.4) is 0 Å². The first-order valence-electron chi connectivity index (χ1n) is 7.86. The number of aromatic nitrogens is 1. The van der Waals surface area contributed by atoms with Crippen LogP contribution in [0.1, 0.15) is 23.6 Å². The second-order valence-electron chi connectivity index (χ2n) is 6.48. The Morgan fingerprint density at radius 2 is 1.91 bits per heavy atom. The number of halogens is 1. The summed E-state index contributed by atoms with van der Waals surface area (Å²) in [5.41, 5.74) is 2.00. The Morgan fingerprint density at radius 3 is 2.77 bits per heavy atom. The van der Waals surface area contributed by atoms with Crippen LogP contribution in [-0.4, -0.2) is 22.6 Å². The quantitative estimate of drug-likeness (QED) is 0.851. The van der Waals surface area contributed by atoms with Crippen LogP contribution in [-0.2, 0) is 13.1 Å². The molecule has 1 aromatic carbocycles. The molecule has 2 aliphatic heterocycles. The van der Waals surface area contributed by atoms with Crippen molar-refractivity contribution in [2.75, 3.05) is 13.1 Å². The Labute approximate surface area is 129 Å². The molecule has 22 heavy (non-hydrogen) atoms. The molecule has 4 rings (SSSR count). The number of hydrogen-bond donors (Lipinski definition) is 0. The fraction of sp³-hybridized carbons (Fsp3) is 0.389. The second-order valence-corrected chi connectivity index (χ2v) is 6.48. The standard InChI is InChI=1S/C18H19FN2O/c19-16-5-2-1-4-14(16)11-20-9-13-8-15(12-20)17-6-3-7-18(22)21(17)10-13/h1-7,13,15H,8-12H2. The summed E-state index contributed by atoms with van der Waals surface area (Å²) in [4.78, 5) is 14.3. The van der Waals surface area contributed by atoms with Crippen LogP contribution < -0.4 is 5.56 Å². The summed E-state index contributed by atoms with van der Waals surface area (Å²) in [6.07, 6.45) is 1.14. The van der Waals surface area contributed by atoms with Crippen molar-refractivity contribution in [3.05, 3.63) is 69.9 Å². The molecule has 0 spiro atoms. The van der Waals surface area contributed by atoms with E-state index in [1.807, 2.05) is 22.8 Å². The monoisotopic (exact) mass is 298 g/mol. The van der Waals surface area contributed by atoms with E-state index in [0.717, 1.165) is 37.3 Å². The van der Waals surface area contributed by atoms with Crippen LogP contribution in [0.5, 0.6) is 0 Å². The summed E-state index contributed by atoms with van der Waals surface area (Å²) in [5, 5.41) is 0. The Morgan fingerprint density at radius 1 is 1.05 bits per heavy atom. The van der Waals surface area contributed by atoms with Gasteiger partial charge in [0.05, 0.1) is 0 Å². The molecule has 2 atom stereocenters. The van der Waals surface area contributed by atoms with Crippen molar-refractivity contribution in [2.45, 2.75) is 25.4 Å². The smallest absolute Gasteiger partial charge is 0.250 e. The van der Waals surface area contributed by atoms with E-state index in [1.165, 1.54) is 6.07 Å². The number of pyridine rings is 1. The molecule has 1 saturated heterocycles. The van der Waals surface area contributed by atoms with Gasteiger partial charge in [-0.25, -0.2) is 4.39 Å². The predicted molar refractivity (Wildman–Crippen MR) is 83.2 cm³/mol. The van der Waals surface area contributed by atoms with Crippen molar-refractivity contribution in [3.8, 4) is 0 Å². The van der Waals surface area contributed by atoms with Crippen molar-refractivity contribution in [1.29, 1.82) is 0 Å². The predicted octanol–water partition coefficient (Wildman–Crippen LogP) is 2.61. The zero-order chi connectivity index (χ0) is 15.1. The topological polar surface area (TPSA) is 25.2 Å². The molecular weight excluding hydrogens is 279 g/mol. The fourth-order valence-corrected chi connectivity index (χ4v) is 3.99. The highest BCUT2D eigenvalue weighted by atomic mass is 19.1. The van der Waals surface area contributed by atoms with Crippen LogP contribution in [0.25, 0.3) is 0 Å². The van der Waals surface area contributed by atoms with Gasteiger partial charge in [0, 0.05) is 49.4 Å². The van der Waals surface area contributed by atoms with Crippen LogP contribution in [0.15, 0.2) is 47.3 Å². The van der Waals surface area contributed by atoms with E-state index in [-0.39, 0.29) is 11.4 Å². The van der Waals surface area contributed by atoms with Crippen molar-refractivity contribution in [2.24, 2.45) is 5.92 Å². The summed E-state index contributed by atoms with van der Waals surface area (Å²) in [6.45, 7) is 3.27. The average molecular weight is 298 g/mol. The van der Waals surface area contributed by atoms with Gasteiger partial charge in [0.2, 0.25) is 0 Å². The second kappa shape index (κ2) is 5.36. The maximum Gasteiger partial charge on any atom is 0.250 e. The number of rotatable bonds is 2. The van der Waals surface area contributed by atoms with E-state index in [4.69, 9.17) is 0 Å². The van der Waals surface area contributed by atoms with E-state index in [9.17, 15) is 9.18 Å². The molecule has 3 nitrogen and oxygen atoms in total. The minimum Gasteiger partial charge on any atom is -0.312 e. The third kappa shape index (κ3) is 2.37. The lowest BCUT2D eigenvalue weighted by Gasteiger charge is -2.42. The highest BCUT2D eigenvalue weighted by Crippen LogP contribution is 2.35. The molecule has 1 aromatic heterocycles. The van der Waals surface area contributed by atoms with E-state index in [0.29, 0.717) is 18.4 Å². The highest BCUT2D eigenvalue weighted by molar-refractivity contribution is 5.19. The van der Waals surface area contributed by atoms with Gasteiger partial charge in [0.1, 0.15) is 5.82 Å². The van der Waals surface area contributed by atoms with Crippen molar-refractivity contribution in [1.82, 2.24) is 9.47 Å². The molecule has 2 bridgehead atoms. The third-order valence-electron chi connectivity index (χ3n) is 4.91. The summed E-state index contributed by atoms with van der Waals surface area (Å²) in [5.74, 6) is 0.737. The van der Waals surface area contributed by atoms with E-state index < -0.39 is 0 Å². The molecule has 0 N–H and O–H groups in total. The summed E-state index contributed by atoms with van der Waals surface area (Å²) >= 11 is 0. The molecule has 0 aliphatic carbocycles. The third-order valence-corrected chi connectivity index (χ3v) is 4.91. The zero-order valence-corrected chi connectivity index (χ0v) is 12.4. The van der Waals surface area contributed by atoms with Crippen molar-refractivity contribution < 1.29 is 4.39 Å². The molecule has 2 unspecified atom stereocenters. The Bertz CT molecular complexity index is 755. The van der Waals surface area contributed by atoms with Crippen molar-refractivity contribution >= 4 is 0 Å². The number of hydrogen-bond acceptors (Lipinski definition) is 2. The van der Waals surface area contributed by atoms with E-state index >= 15 is 0 Å². The fourth-order valence-electron chi connectivity index (χ4n) is 3.99. The lowest BCUT2D eigenvalue weighted by atomic mass is 9.83. The summed E-state index contributed by atoms with van der Waals surface area (Å²) < 4.78 is 15.8. The largest absolute Gasteiger partial charge is 0.312 e. The molecule has 4 heteroatoms. The number of nitrogens with zero attached hydrogens (tertiary/aromatic N) is 2. The maximum atomic E-state index is 13.9. The number of likely N-dealkylation sites (tertiary alicyclic amines) is 1. The lowest BCUT2D eigenvalue weighted by molar-refractivity contribution is 0.113. The highest BCUT2D eigenvalue weighted by Gasteiger charge is 2.34. The van der Waals surface area contributed by atoms with Gasteiger partial charge in [0.25, 0.3) is 5.56 Å². The first-order valence-corrected chi connectivity index (χ1v) is 7.86. The minimum atomic E-state index is -0.130. The molecular formula is C18H19FN2O. The number of piperidine rings is 1. The minimum absolute atomic E-state index is 0.106. The molecule has 0 radical (unpaired) electrons. The van der Waals surface area contributed by atoms with Gasteiger partial charge in [-0.3, -0.25) is 9.69 Å². The van der Waals surface area contributed by atoms with Gasteiger partial charge in [0.15, 0.2) is 0 Å². The van der Waals surface area contributed by atoms with Gasteiger partial charge >= 0.3 is 0 Å². The van der Waals surface area contributed by atoms with Gasteiger partial charge in [-0.15, -0.1) is 0 Å². The molecule has 0 amide bonds. The first-order chi connectivity index (χ1) is 10.7. The zero-order valence-electron chi connectivity index (χ0n) is 12.4. The normalized spacial score (nSPS) is 24.0. The molecule has 0 saturated carbocycles. The van der Waals surface area contributed by atoms with E-state index in [2.05, 4.69) is 11.0 Å². The lowest BCUT2D eigenvalue weighted by Crippen LogP contribution is -2.46. The van der Waals surface area contributed by atoms with Crippen LogP contribution in [0.4, 0.5) is 4.39 Å². The molecule has 2 aromatic rings. The van der Waals surface area contributed by atoms with Gasteiger partial charge < -0.3 is 4.57 Å². The van der Waals surface area contributed by atoms with Gasteiger partial charge in [-0.2, -0.15) is 0 Å². The molecule has 114 valence electrons. The van der Waals surface area contributed by atoms with Crippen LogP contribution in [0.2, 0.25) is 0 Å². The van der Waals surface area contributed by atoms with Crippen LogP contribution >= 0.6 is 0 Å². The molecule has 2 aliphatic rings. The Kier molecular flexibility index (Phi) is 3.34. The SMILES string of the molecule is O=c1cccc2n1CC1CC2CN(Cc2ccccc2F)C1. The van der Waals surface area contributed by atoms with Gasteiger partial charge in [-0.1, -0.05) is 24.3 Å². The first kappa shape index (κ1) is 13.7. The van der Waals surface area contributed by atoms with Crippen molar-refractivity contribution in [3.63, 3.8) is 0 Å². The molecule has 3 heterocycles. The molecule has 1 fully saturated rings. The number of fused-ring (bicyclic) bond motifs is 4. The average Bonchev–Trinajstić information content (AvgIpc) is 2.51. The summed E-state index contributed by atoms with van der Waals surface area (Å²) in [7, 11) is 0. The number of benzene rings is 1. The Balaban J connectivity index is 1.59. The maximum absolute atomic E-state index is 13.9. The van der Waals surface area contributed by atoms with E-state index in [1.54, 1.807) is 12.1 Å². The van der Waals surface area contributed by atoms with Gasteiger partial charge in [-0.05, 0) is 24.5 Å². The van der Waals surface area contributed by atoms with Crippen LogP contribution in [0, 0.1) is 11.7 Å². The Hall–Kier alpha value is -1.94. The summed E-state index contributed by atoms with van der Waals surface area (Å²) in [6, 6.07) is 12.6.